The molecule has 0 aliphatic heterocycles. The molecule has 11 heteroatoms. The molecule has 27 heavy (non-hydrogen) atoms. The second-order valence-electron chi connectivity index (χ2n) is 6.02. The molecule has 1 aliphatic rings. The van der Waals surface area contributed by atoms with Gasteiger partial charge < -0.3 is 0 Å². The highest BCUT2D eigenvalue weighted by molar-refractivity contribution is 7.92. The predicted molar refractivity (Wildman–Crippen MR) is 92.0 cm³/mol. The van der Waals surface area contributed by atoms with Crippen LogP contribution in [0.15, 0.2) is 58.3 Å². The van der Waals surface area contributed by atoms with Crippen LogP contribution in [0.2, 0.25) is 0 Å². The SMILES string of the molecule is O=S(=O)(Nc1ccccc1C(F)(F)F)c1ccc(S(=O)(=O)NC2CC2)cc1. The molecule has 0 saturated heterocycles. The first kappa shape index (κ1) is 19.6. The lowest BCUT2D eigenvalue weighted by Crippen LogP contribution is -2.25. The second kappa shape index (κ2) is 6.80. The minimum absolute atomic E-state index is 0.112. The summed E-state index contributed by atoms with van der Waals surface area (Å²) in [5.74, 6) is 0. The van der Waals surface area contributed by atoms with Gasteiger partial charge in [0.2, 0.25) is 10.0 Å². The van der Waals surface area contributed by atoms with E-state index >= 15 is 0 Å². The molecular formula is C16H15F3N2O4S2. The van der Waals surface area contributed by atoms with Crippen molar-refractivity contribution in [2.75, 3.05) is 4.72 Å². The molecule has 1 fully saturated rings. The van der Waals surface area contributed by atoms with Crippen LogP contribution in [-0.2, 0) is 26.2 Å². The molecule has 2 aromatic carbocycles. The largest absolute Gasteiger partial charge is 0.418 e. The van der Waals surface area contributed by atoms with Gasteiger partial charge in [0, 0.05) is 6.04 Å². The summed E-state index contributed by atoms with van der Waals surface area (Å²) >= 11 is 0. The van der Waals surface area contributed by atoms with Gasteiger partial charge in [-0.25, -0.2) is 21.6 Å². The van der Waals surface area contributed by atoms with E-state index in [1.807, 2.05) is 4.72 Å². The van der Waals surface area contributed by atoms with Crippen LogP contribution in [0, 0.1) is 0 Å². The van der Waals surface area contributed by atoms with Crippen molar-refractivity contribution in [1.29, 1.82) is 0 Å². The highest BCUT2D eigenvalue weighted by Crippen LogP contribution is 2.35. The molecule has 146 valence electrons. The Kier molecular flexibility index (Phi) is 4.95. The van der Waals surface area contributed by atoms with Crippen molar-refractivity contribution in [3.8, 4) is 0 Å². The third-order valence-electron chi connectivity index (χ3n) is 3.82. The summed E-state index contributed by atoms with van der Waals surface area (Å²) in [7, 11) is -8.09. The number of hydrogen-bond acceptors (Lipinski definition) is 4. The van der Waals surface area contributed by atoms with Crippen molar-refractivity contribution in [3.63, 3.8) is 0 Å². The van der Waals surface area contributed by atoms with E-state index in [2.05, 4.69) is 4.72 Å². The number of benzene rings is 2. The average Bonchev–Trinajstić information content (AvgIpc) is 3.37. The Morgan fingerprint density at radius 1 is 0.815 bits per heavy atom. The highest BCUT2D eigenvalue weighted by Gasteiger charge is 2.34. The van der Waals surface area contributed by atoms with Crippen molar-refractivity contribution in [2.45, 2.75) is 34.9 Å². The molecule has 2 N–H and O–H groups in total. The molecule has 0 aromatic heterocycles. The molecule has 0 radical (unpaired) electrons. The Labute approximate surface area is 154 Å². The number of anilines is 1. The molecule has 0 spiro atoms. The summed E-state index contributed by atoms with van der Waals surface area (Å²) in [4.78, 5) is -0.478. The molecule has 6 nitrogen and oxygen atoms in total. The molecule has 0 atom stereocenters. The molecule has 3 rings (SSSR count). The van der Waals surface area contributed by atoms with Crippen LogP contribution in [0.5, 0.6) is 0 Å². The Hall–Kier alpha value is -2.11. The van der Waals surface area contributed by atoms with E-state index in [0.29, 0.717) is 0 Å². The summed E-state index contributed by atoms with van der Waals surface area (Å²) in [5.41, 5.74) is -1.74. The summed E-state index contributed by atoms with van der Waals surface area (Å²) in [6, 6.07) is 8.30. The van der Waals surface area contributed by atoms with Crippen LogP contribution in [0.25, 0.3) is 0 Å². The molecule has 2 aromatic rings. The number of alkyl halides is 3. The fraction of sp³-hybridized carbons (Fsp3) is 0.250. The summed E-state index contributed by atoms with van der Waals surface area (Å²) < 4.78 is 92.3. The first-order valence-corrected chi connectivity index (χ1v) is 10.8. The minimum atomic E-state index is -4.73. The predicted octanol–water partition coefficient (Wildman–Crippen LogP) is 2.95. The molecule has 1 saturated carbocycles. The maximum Gasteiger partial charge on any atom is 0.418 e. The van der Waals surface area contributed by atoms with E-state index in [1.54, 1.807) is 0 Å². The third-order valence-corrected chi connectivity index (χ3v) is 6.74. The van der Waals surface area contributed by atoms with E-state index in [-0.39, 0.29) is 15.8 Å². The Balaban J connectivity index is 1.86. The summed E-state index contributed by atoms with van der Waals surface area (Å²) in [6.45, 7) is 0. The maximum absolute atomic E-state index is 13.0. The first-order valence-electron chi connectivity index (χ1n) is 7.80. The van der Waals surface area contributed by atoms with Crippen LogP contribution < -0.4 is 9.44 Å². The van der Waals surface area contributed by atoms with Gasteiger partial charge in [0.1, 0.15) is 0 Å². The second-order valence-corrected chi connectivity index (χ2v) is 9.41. The van der Waals surface area contributed by atoms with Gasteiger partial charge in [0.05, 0.1) is 21.0 Å². The van der Waals surface area contributed by atoms with Crippen LogP contribution in [0.1, 0.15) is 18.4 Å². The van der Waals surface area contributed by atoms with Crippen molar-refractivity contribution in [2.24, 2.45) is 0 Å². The van der Waals surface area contributed by atoms with E-state index in [1.165, 1.54) is 6.07 Å². The van der Waals surface area contributed by atoms with E-state index in [9.17, 15) is 30.0 Å². The van der Waals surface area contributed by atoms with Crippen molar-refractivity contribution in [3.05, 3.63) is 54.1 Å². The Bertz CT molecular complexity index is 1050. The highest BCUT2D eigenvalue weighted by atomic mass is 32.2. The number of hydrogen-bond donors (Lipinski definition) is 2. The molecule has 1 aliphatic carbocycles. The monoisotopic (exact) mass is 420 g/mol. The smallest absolute Gasteiger partial charge is 0.279 e. The summed E-state index contributed by atoms with van der Waals surface area (Å²) in [5, 5.41) is 0. The number of para-hydroxylation sites is 1. The van der Waals surface area contributed by atoms with Crippen LogP contribution in [0.4, 0.5) is 18.9 Å². The van der Waals surface area contributed by atoms with Gasteiger partial charge in [-0.3, -0.25) is 4.72 Å². The van der Waals surface area contributed by atoms with Crippen LogP contribution >= 0.6 is 0 Å². The molecule has 0 heterocycles. The number of sulfonamides is 2. The number of nitrogens with one attached hydrogen (secondary N) is 2. The fourth-order valence-corrected chi connectivity index (χ4v) is 4.69. The van der Waals surface area contributed by atoms with Crippen molar-refractivity contribution < 1.29 is 30.0 Å². The third kappa shape index (κ3) is 4.60. The minimum Gasteiger partial charge on any atom is -0.279 e. The quantitative estimate of drug-likeness (QED) is 0.752. The van der Waals surface area contributed by atoms with Gasteiger partial charge in [-0.05, 0) is 49.2 Å². The lowest BCUT2D eigenvalue weighted by molar-refractivity contribution is -0.136. The van der Waals surface area contributed by atoms with Gasteiger partial charge in [-0.2, -0.15) is 13.2 Å². The van der Waals surface area contributed by atoms with Gasteiger partial charge in [-0.15, -0.1) is 0 Å². The van der Waals surface area contributed by atoms with E-state index in [4.69, 9.17) is 0 Å². The van der Waals surface area contributed by atoms with Gasteiger partial charge in [-0.1, -0.05) is 12.1 Å². The van der Waals surface area contributed by atoms with Crippen molar-refractivity contribution >= 4 is 25.7 Å². The van der Waals surface area contributed by atoms with Crippen LogP contribution in [0.3, 0.4) is 0 Å². The van der Waals surface area contributed by atoms with E-state index < -0.39 is 37.5 Å². The zero-order chi connectivity index (χ0) is 19.9. The molecule has 0 amide bonds. The topological polar surface area (TPSA) is 92.3 Å². The summed E-state index contributed by atoms with van der Waals surface area (Å²) in [6.07, 6.45) is -3.24. The molecular weight excluding hydrogens is 405 g/mol. The fourth-order valence-electron chi connectivity index (χ4n) is 2.31. The zero-order valence-corrected chi connectivity index (χ0v) is 15.3. The molecule has 0 bridgehead atoms. The first-order chi connectivity index (χ1) is 12.5. The lowest BCUT2D eigenvalue weighted by atomic mass is 10.2. The van der Waals surface area contributed by atoms with Gasteiger partial charge in [0.25, 0.3) is 10.0 Å². The van der Waals surface area contributed by atoms with Gasteiger partial charge in [0.15, 0.2) is 0 Å². The van der Waals surface area contributed by atoms with E-state index in [0.717, 1.165) is 55.3 Å². The van der Waals surface area contributed by atoms with Gasteiger partial charge >= 0.3 is 6.18 Å². The van der Waals surface area contributed by atoms with Crippen LogP contribution in [-0.4, -0.2) is 22.9 Å². The lowest BCUT2D eigenvalue weighted by Gasteiger charge is -2.15. The molecule has 0 unspecified atom stereocenters. The van der Waals surface area contributed by atoms with Crippen molar-refractivity contribution in [1.82, 2.24) is 4.72 Å². The Morgan fingerprint density at radius 2 is 1.33 bits per heavy atom. The Morgan fingerprint density at radius 3 is 1.85 bits per heavy atom. The average molecular weight is 420 g/mol. The normalized spacial score (nSPS) is 15.5. The maximum atomic E-state index is 13.0. The standard InChI is InChI=1S/C16H15F3N2O4S2/c17-16(18,19)14-3-1-2-4-15(14)21-27(24,25)13-9-7-12(8-10-13)26(22,23)20-11-5-6-11/h1-4,7-11,20-21H,5-6H2. The number of halogens is 3. The number of rotatable bonds is 6. The zero-order valence-electron chi connectivity index (χ0n) is 13.7.